The molecule has 0 saturated carbocycles. The van der Waals surface area contributed by atoms with Crippen LogP contribution in [0, 0.1) is 23.1 Å². The zero-order chi connectivity index (χ0) is 30.6. The predicted molar refractivity (Wildman–Crippen MR) is 161 cm³/mol. The number of fused-ring (bicyclic) bond motifs is 3. The molecule has 0 spiro atoms. The minimum atomic E-state index is -0.887. The number of amides is 1. The first kappa shape index (κ1) is 28.7. The van der Waals surface area contributed by atoms with E-state index in [1.54, 1.807) is 12.1 Å². The summed E-state index contributed by atoms with van der Waals surface area (Å²) in [6.45, 7) is 4.64. The Labute approximate surface area is 255 Å². The highest BCUT2D eigenvalue weighted by Crippen LogP contribution is 2.43. The number of halogens is 2. The van der Waals surface area contributed by atoms with Gasteiger partial charge in [0.25, 0.3) is 5.91 Å². The lowest BCUT2D eigenvalue weighted by Crippen LogP contribution is -2.43. The third-order valence-corrected chi connectivity index (χ3v) is 9.93. The molecule has 9 nitrogen and oxygen atoms in total. The van der Waals surface area contributed by atoms with Crippen molar-refractivity contribution in [1.82, 2.24) is 14.9 Å². The molecule has 0 radical (unpaired) electrons. The third-order valence-electron chi connectivity index (χ3n) is 9.93. The van der Waals surface area contributed by atoms with Gasteiger partial charge in [0.05, 0.1) is 29.5 Å². The Morgan fingerprint density at radius 2 is 2.05 bits per heavy atom. The fraction of sp³-hybridized carbons (Fsp3) is 0.515. The van der Waals surface area contributed by atoms with Gasteiger partial charge in [-0.2, -0.15) is 15.2 Å². The summed E-state index contributed by atoms with van der Waals surface area (Å²) in [4.78, 5) is 29.5. The zero-order valence-electron chi connectivity index (χ0n) is 24.9. The Balaban J connectivity index is 1.29. The lowest BCUT2D eigenvalue weighted by Gasteiger charge is -2.31. The highest BCUT2D eigenvalue weighted by molar-refractivity contribution is 6.16. The minimum absolute atomic E-state index is 0.0292. The van der Waals surface area contributed by atoms with Crippen LogP contribution < -0.4 is 14.5 Å². The summed E-state index contributed by atoms with van der Waals surface area (Å²) in [7, 11) is 0. The van der Waals surface area contributed by atoms with Gasteiger partial charge < -0.3 is 19.6 Å². The molecule has 3 saturated heterocycles. The first-order valence-electron chi connectivity index (χ1n) is 15.6. The Bertz CT molecular complexity index is 1680. The SMILES string of the molecule is CCc1c(F)ccc2cc(O)cc(N3Cc4nc(OC[C@@]56CCCN5C[C@H](F)C6)nc(N5CCCC(C#N)CC5)c4C3=O)c12. The number of anilines is 2. The molecule has 7 rings (SSSR count). The average molecular weight is 603 g/mol. The van der Waals surface area contributed by atoms with Crippen LogP contribution >= 0.6 is 0 Å². The summed E-state index contributed by atoms with van der Waals surface area (Å²) < 4.78 is 35.7. The van der Waals surface area contributed by atoms with E-state index in [-0.39, 0.29) is 48.1 Å². The van der Waals surface area contributed by atoms with Crippen LogP contribution in [0.1, 0.15) is 67.1 Å². The predicted octanol–water partition coefficient (Wildman–Crippen LogP) is 5.28. The molecule has 2 aromatic carbocycles. The van der Waals surface area contributed by atoms with E-state index in [2.05, 4.69) is 11.0 Å². The molecule has 1 unspecified atom stereocenters. The van der Waals surface area contributed by atoms with Crippen molar-refractivity contribution in [2.24, 2.45) is 5.92 Å². The van der Waals surface area contributed by atoms with E-state index in [4.69, 9.17) is 14.7 Å². The first-order chi connectivity index (χ1) is 21.3. The molecule has 3 fully saturated rings. The summed E-state index contributed by atoms with van der Waals surface area (Å²) in [6.07, 6.45) is 3.97. The van der Waals surface area contributed by atoms with Crippen molar-refractivity contribution in [2.75, 3.05) is 42.6 Å². The topological polar surface area (TPSA) is 106 Å². The van der Waals surface area contributed by atoms with Crippen LogP contribution in [0.3, 0.4) is 0 Å². The Kier molecular flexibility index (Phi) is 7.28. The van der Waals surface area contributed by atoms with Gasteiger partial charge in [0.2, 0.25) is 0 Å². The maximum absolute atomic E-state index is 15.0. The van der Waals surface area contributed by atoms with E-state index < -0.39 is 6.17 Å². The number of hydrogen-bond donors (Lipinski definition) is 1. The molecule has 3 atom stereocenters. The maximum Gasteiger partial charge on any atom is 0.318 e. The Hall–Kier alpha value is -4.04. The van der Waals surface area contributed by atoms with Gasteiger partial charge in [-0.25, -0.2) is 8.78 Å². The third kappa shape index (κ3) is 4.80. The number of carbonyl (C=O) groups excluding carboxylic acids is 1. The average Bonchev–Trinajstić information content (AvgIpc) is 3.57. The fourth-order valence-electron chi connectivity index (χ4n) is 7.77. The molecule has 1 aromatic heterocycles. The van der Waals surface area contributed by atoms with Crippen LogP contribution in [0.25, 0.3) is 10.8 Å². The standard InChI is InChI=1S/C33H36F2N6O3/c1-2-24-25(35)7-6-21-13-23(42)14-27(28(21)24)41-18-26-29(31(41)43)30(39-10-3-5-20(16-36)8-12-39)38-32(37-26)44-19-33-9-4-11-40(33)17-22(34)15-33/h6-7,13-14,20,22,42H,2-5,8-12,15,17-19H2,1H3/t20?,22-,33+/m1/s1. The number of phenolic OH excluding ortho intramolecular Hbond substituents is 1. The number of benzene rings is 2. The second-order valence-corrected chi connectivity index (χ2v) is 12.6. The van der Waals surface area contributed by atoms with Crippen molar-refractivity contribution in [3.63, 3.8) is 0 Å². The van der Waals surface area contributed by atoms with Gasteiger partial charge in [0.1, 0.15) is 35.7 Å². The molecule has 4 aliphatic heterocycles. The second kappa shape index (κ2) is 11.1. The number of rotatable bonds is 6. The molecule has 5 heterocycles. The van der Waals surface area contributed by atoms with E-state index in [1.807, 2.05) is 11.8 Å². The molecule has 0 aliphatic carbocycles. The number of alkyl halides is 1. The molecule has 1 N–H and O–H groups in total. The quantitative estimate of drug-likeness (QED) is 0.406. The monoisotopic (exact) mass is 602 g/mol. The zero-order valence-corrected chi connectivity index (χ0v) is 24.9. The van der Waals surface area contributed by atoms with Crippen LogP contribution in [0.15, 0.2) is 24.3 Å². The molecule has 1 amide bonds. The number of nitriles is 1. The summed E-state index contributed by atoms with van der Waals surface area (Å²) >= 11 is 0. The molecule has 11 heteroatoms. The molecule has 0 bridgehead atoms. The minimum Gasteiger partial charge on any atom is -0.508 e. The Morgan fingerprint density at radius 1 is 1.18 bits per heavy atom. The van der Waals surface area contributed by atoms with Crippen molar-refractivity contribution in [3.05, 3.63) is 46.9 Å². The van der Waals surface area contributed by atoms with E-state index in [1.165, 1.54) is 17.0 Å². The number of carbonyl (C=O) groups is 1. The first-order valence-corrected chi connectivity index (χ1v) is 15.6. The van der Waals surface area contributed by atoms with Gasteiger partial charge in [0, 0.05) is 43.4 Å². The number of ether oxygens (including phenoxy) is 1. The molecular weight excluding hydrogens is 566 g/mol. The normalized spacial score (nSPS) is 25.3. The smallest absolute Gasteiger partial charge is 0.318 e. The van der Waals surface area contributed by atoms with Crippen molar-refractivity contribution in [3.8, 4) is 17.8 Å². The maximum atomic E-state index is 15.0. The molecule has 44 heavy (non-hydrogen) atoms. The van der Waals surface area contributed by atoms with Crippen molar-refractivity contribution in [2.45, 2.75) is 70.1 Å². The number of aromatic nitrogens is 2. The van der Waals surface area contributed by atoms with Gasteiger partial charge in [0.15, 0.2) is 0 Å². The van der Waals surface area contributed by atoms with Gasteiger partial charge in [-0.05, 0) is 68.2 Å². The summed E-state index contributed by atoms with van der Waals surface area (Å²) in [5, 5.41) is 21.4. The van der Waals surface area contributed by atoms with Crippen LogP contribution in [0.5, 0.6) is 11.8 Å². The van der Waals surface area contributed by atoms with Crippen molar-refractivity contribution >= 4 is 28.2 Å². The van der Waals surface area contributed by atoms with E-state index >= 15 is 0 Å². The highest BCUT2D eigenvalue weighted by atomic mass is 19.1. The van der Waals surface area contributed by atoms with Gasteiger partial charge in [-0.3, -0.25) is 9.69 Å². The molecule has 3 aromatic rings. The van der Waals surface area contributed by atoms with E-state index in [0.29, 0.717) is 78.0 Å². The number of nitrogens with zero attached hydrogens (tertiary/aromatic N) is 6. The lowest BCUT2D eigenvalue weighted by atomic mass is 9.95. The number of aromatic hydroxyl groups is 1. The molecule has 4 aliphatic rings. The van der Waals surface area contributed by atoms with Crippen LogP contribution in [0.2, 0.25) is 0 Å². The van der Waals surface area contributed by atoms with Gasteiger partial charge in [-0.1, -0.05) is 13.0 Å². The summed E-state index contributed by atoms with van der Waals surface area (Å²) in [5.74, 6) is -0.345. The van der Waals surface area contributed by atoms with Crippen LogP contribution in [0.4, 0.5) is 20.3 Å². The fourth-order valence-corrected chi connectivity index (χ4v) is 7.77. The summed E-state index contributed by atoms with van der Waals surface area (Å²) in [6, 6.07) is 8.58. The van der Waals surface area contributed by atoms with Crippen LogP contribution in [-0.2, 0) is 13.0 Å². The van der Waals surface area contributed by atoms with E-state index in [9.17, 15) is 23.9 Å². The Morgan fingerprint density at radius 3 is 2.86 bits per heavy atom. The second-order valence-electron chi connectivity index (χ2n) is 12.6. The van der Waals surface area contributed by atoms with Crippen LogP contribution in [-0.4, -0.2) is 70.4 Å². The lowest BCUT2D eigenvalue weighted by molar-refractivity contribution is 0.0996. The van der Waals surface area contributed by atoms with E-state index in [0.717, 1.165) is 32.2 Å². The number of aryl methyl sites for hydroxylation is 1. The largest absolute Gasteiger partial charge is 0.508 e. The molecular formula is C33H36F2N6O3. The van der Waals surface area contributed by atoms with Gasteiger partial charge >= 0.3 is 6.01 Å². The number of hydrogen-bond acceptors (Lipinski definition) is 8. The van der Waals surface area contributed by atoms with Crippen molar-refractivity contribution < 1.29 is 23.4 Å². The highest BCUT2D eigenvalue weighted by Gasteiger charge is 2.49. The van der Waals surface area contributed by atoms with Crippen molar-refractivity contribution in [1.29, 1.82) is 5.26 Å². The number of phenols is 1. The van der Waals surface area contributed by atoms with Gasteiger partial charge in [-0.15, -0.1) is 0 Å². The summed E-state index contributed by atoms with van der Waals surface area (Å²) in [5.41, 5.74) is 1.33. The molecule has 230 valence electrons.